The smallest absolute Gasteiger partial charge is 0.338 e. The molecule has 0 saturated heterocycles. The molecular formula is C13H15N3O2S. The first-order valence-corrected chi connectivity index (χ1v) is 7.25. The van der Waals surface area contributed by atoms with Crippen LogP contribution in [0.1, 0.15) is 16.2 Å². The van der Waals surface area contributed by atoms with Crippen molar-refractivity contribution in [3.05, 3.63) is 35.7 Å². The summed E-state index contributed by atoms with van der Waals surface area (Å²) >= 11 is 1.64. The van der Waals surface area contributed by atoms with Crippen LogP contribution >= 0.6 is 11.8 Å². The van der Waals surface area contributed by atoms with Gasteiger partial charge < -0.3 is 4.74 Å². The zero-order valence-corrected chi connectivity index (χ0v) is 11.7. The molecule has 0 bridgehead atoms. The lowest BCUT2D eigenvalue weighted by Crippen LogP contribution is -2.07. The molecule has 0 unspecified atom stereocenters. The highest BCUT2D eigenvalue weighted by Gasteiger charge is 2.08. The van der Waals surface area contributed by atoms with Crippen LogP contribution in [0.15, 0.2) is 24.3 Å². The van der Waals surface area contributed by atoms with Crippen LogP contribution in [0.5, 0.6) is 0 Å². The van der Waals surface area contributed by atoms with Gasteiger partial charge in [0.05, 0.1) is 5.56 Å². The second-order valence-corrected chi connectivity index (χ2v) is 4.94. The molecule has 100 valence electrons. The van der Waals surface area contributed by atoms with Gasteiger partial charge in [-0.25, -0.2) is 9.78 Å². The molecule has 0 aliphatic rings. The topological polar surface area (TPSA) is 67.9 Å². The van der Waals surface area contributed by atoms with Crippen LogP contribution in [-0.2, 0) is 4.74 Å². The fourth-order valence-electron chi connectivity index (χ4n) is 1.53. The molecule has 0 amide bonds. The molecule has 6 heteroatoms. The second kappa shape index (κ2) is 6.38. The summed E-state index contributed by atoms with van der Waals surface area (Å²) in [6.07, 6.45) is 1.97. The van der Waals surface area contributed by atoms with Crippen LogP contribution < -0.4 is 0 Å². The maximum atomic E-state index is 11.7. The Labute approximate surface area is 115 Å². The number of thioether (sulfide) groups is 1. The van der Waals surface area contributed by atoms with E-state index >= 15 is 0 Å². The van der Waals surface area contributed by atoms with Crippen LogP contribution in [0.25, 0.3) is 11.4 Å². The summed E-state index contributed by atoms with van der Waals surface area (Å²) in [5.74, 6) is 1.89. The van der Waals surface area contributed by atoms with Gasteiger partial charge >= 0.3 is 5.97 Å². The summed E-state index contributed by atoms with van der Waals surface area (Å²) in [6, 6.07) is 7.08. The Hall–Kier alpha value is -1.82. The van der Waals surface area contributed by atoms with Gasteiger partial charge in [0, 0.05) is 11.3 Å². The number of carbonyl (C=O) groups excluding carboxylic acids is 1. The lowest BCUT2D eigenvalue weighted by molar-refractivity contribution is 0.0530. The fourth-order valence-corrected chi connectivity index (χ4v) is 1.78. The van der Waals surface area contributed by atoms with Crippen LogP contribution in [-0.4, -0.2) is 39.8 Å². The van der Waals surface area contributed by atoms with Gasteiger partial charge in [-0.1, -0.05) is 12.1 Å². The molecule has 2 aromatic rings. The van der Waals surface area contributed by atoms with Crippen molar-refractivity contribution in [1.29, 1.82) is 0 Å². The van der Waals surface area contributed by atoms with E-state index in [2.05, 4.69) is 15.2 Å². The minimum atomic E-state index is -0.299. The van der Waals surface area contributed by atoms with E-state index in [1.165, 1.54) is 0 Å². The number of aryl methyl sites for hydroxylation is 1. The average molecular weight is 277 g/mol. The fraction of sp³-hybridized carbons (Fsp3) is 0.308. The number of carbonyl (C=O) groups is 1. The number of aromatic amines is 1. The highest BCUT2D eigenvalue weighted by Crippen LogP contribution is 2.15. The SMILES string of the molecule is CSCCOC(=O)c1ccc(-c2n[nH]c(C)n2)cc1. The van der Waals surface area contributed by atoms with E-state index in [0.29, 0.717) is 18.0 Å². The first-order chi connectivity index (χ1) is 9.20. The largest absolute Gasteiger partial charge is 0.461 e. The number of nitrogens with one attached hydrogen (secondary N) is 1. The molecule has 0 fully saturated rings. The van der Waals surface area contributed by atoms with E-state index in [1.807, 2.05) is 25.3 Å². The Kier molecular flexibility index (Phi) is 4.57. The van der Waals surface area contributed by atoms with Crippen molar-refractivity contribution >= 4 is 17.7 Å². The molecule has 0 radical (unpaired) electrons. The highest BCUT2D eigenvalue weighted by atomic mass is 32.2. The number of benzene rings is 1. The van der Waals surface area contributed by atoms with Crippen LogP contribution in [0.2, 0.25) is 0 Å². The molecule has 1 heterocycles. The maximum Gasteiger partial charge on any atom is 0.338 e. The monoisotopic (exact) mass is 277 g/mol. The van der Waals surface area contributed by atoms with Crippen LogP contribution in [0.3, 0.4) is 0 Å². The summed E-state index contributed by atoms with van der Waals surface area (Å²) in [5.41, 5.74) is 1.40. The first-order valence-electron chi connectivity index (χ1n) is 5.86. The van der Waals surface area contributed by atoms with Crippen LogP contribution in [0, 0.1) is 6.92 Å². The number of esters is 1. The van der Waals surface area contributed by atoms with E-state index in [-0.39, 0.29) is 5.97 Å². The van der Waals surface area contributed by atoms with Crippen molar-refractivity contribution in [2.45, 2.75) is 6.92 Å². The van der Waals surface area contributed by atoms with Gasteiger partial charge in [-0.3, -0.25) is 5.10 Å². The van der Waals surface area contributed by atoms with Gasteiger partial charge in [0.15, 0.2) is 5.82 Å². The maximum absolute atomic E-state index is 11.7. The Morgan fingerprint density at radius 1 is 1.37 bits per heavy atom. The molecule has 1 aromatic carbocycles. The molecule has 19 heavy (non-hydrogen) atoms. The van der Waals surface area contributed by atoms with E-state index in [9.17, 15) is 4.79 Å². The number of aromatic nitrogens is 3. The number of hydrogen-bond donors (Lipinski definition) is 1. The standard InChI is InChI=1S/C13H15N3O2S/c1-9-14-12(16-15-9)10-3-5-11(6-4-10)13(17)18-7-8-19-2/h3-6H,7-8H2,1-2H3,(H,14,15,16). The number of hydrogen-bond acceptors (Lipinski definition) is 5. The summed E-state index contributed by atoms with van der Waals surface area (Å²) in [4.78, 5) is 15.9. The third-order valence-electron chi connectivity index (χ3n) is 2.50. The number of H-pyrrole nitrogens is 1. The predicted molar refractivity (Wildman–Crippen MR) is 75.2 cm³/mol. The van der Waals surface area contributed by atoms with E-state index < -0.39 is 0 Å². The van der Waals surface area contributed by atoms with Gasteiger partial charge in [0.25, 0.3) is 0 Å². The Bertz CT molecular complexity index is 551. The van der Waals surface area contributed by atoms with Crippen molar-refractivity contribution in [1.82, 2.24) is 15.2 Å². The number of nitrogens with zero attached hydrogens (tertiary/aromatic N) is 2. The van der Waals surface area contributed by atoms with Crippen molar-refractivity contribution in [3.8, 4) is 11.4 Å². The predicted octanol–water partition coefficient (Wildman–Crippen LogP) is 2.30. The van der Waals surface area contributed by atoms with Crippen molar-refractivity contribution in [2.75, 3.05) is 18.6 Å². The van der Waals surface area contributed by atoms with Gasteiger partial charge in [-0.15, -0.1) is 0 Å². The molecule has 0 spiro atoms. The average Bonchev–Trinajstić information content (AvgIpc) is 2.86. The van der Waals surface area contributed by atoms with E-state index in [1.54, 1.807) is 23.9 Å². The van der Waals surface area contributed by atoms with Gasteiger partial charge in [0.2, 0.25) is 0 Å². The van der Waals surface area contributed by atoms with E-state index in [4.69, 9.17) is 4.74 Å². The molecule has 1 N–H and O–H groups in total. The zero-order valence-electron chi connectivity index (χ0n) is 10.8. The Morgan fingerprint density at radius 2 is 2.11 bits per heavy atom. The van der Waals surface area contributed by atoms with Gasteiger partial charge in [0.1, 0.15) is 12.4 Å². The second-order valence-electron chi connectivity index (χ2n) is 3.95. The lowest BCUT2D eigenvalue weighted by Gasteiger charge is -2.04. The molecule has 0 aliphatic carbocycles. The van der Waals surface area contributed by atoms with Crippen molar-refractivity contribution in [3.63, 3.8) is 0 Å². The normalized spacial score (nSPS) is 10.4. The Morgan fingerprint density at radius 3 is 2.68 bits per heavy atom. The van der Waals surface area contributed by atoms with Crippen molar-refractivity contribution in [2.24, 2.45) is 0 Å². The Balaban J connectivity index is 2.04. The number of rotatable bonds is 5. The summed E-state index contributed by atoms with van der Waals surface area (Å²) < 4.78 is 5.12. The molecule has 0 saturated carbocycles. The molecule has 1 aromatic heterocycles. The quantitative estimate of drug-likeness (QED) is 0.671. The summed E-state index contributed by atoms with van der Waals surface area (Å²) in [7, 11) is 0. The molecule has 0 atom stereocenters. The third-order valence-corrected chi connectivity index (χ3v) is 3.07. The number of ether oxygens (including phenoxy) is 1. The van der Waals surface area contributed by atoms with Crippen LogP contribution in [0.4, 0.5) is 0 Å². The molecule has 2 rings (SSSR count). The minimum absolute atomic E-state index is 0.299. The zero-order chi connectivity index (χ0) is 13.7. The minimum Gasteiger partial charge on any atom is -0.461 e. The third kappa shape index (κ3) is 3.57. The summed E-state index contributed by atoms with van der Waals surface area (Å²) in [5, 5.41) is 6.85. The van der Waals surface area contributed by atoms with Gasteiger partial charge in [-0.05, 0) is 25.3 Å². The lowest BCUT2D eigenvalue weighted by atomic mass is 10.1. The molecule has 0 aliphatic heterocycles. The summed E-state index contributed by atoms with van der Waals surface area (Å²) in [6.45, 7) is 2.27. The van der Waals surface area contributed by atoms with Gasteiger partial charge in [-0.2, -0.15) is 16.9 Å². The highest BCUT2D eigenvalue weighted by molar-refractivity contribution is 7.98. The first kappa shape index (κ1) is 13.6. The molecular weight excluding hydrogens is 262 g/mol. The van der Waals surface area contributed by atoms with E-state index in [0.717, 1.165) is 17.1 Å². The molecule has 5 nitrogen and oxygen atoms in total. The van der Waals surface area contributed by atoms with Crippen molar-refractivity contribution < 1.29 is 9.53 Å².